The number of nitrogens with zero attached hydrogens (tertiary/aromatic N) is 3. The van der Waals surface area contributed by atoms with Gasteiger partial charge < -0.3 is 35.5 Å². The first-order valence-corrected chi connectivity index (χ1v) is 12.3. The highest BCUT2D eigenvalue weighted by atomic mass is 16.5. The lowest BCUT2D eigenvalue weighted by Gasteiger charge is -2.34. The van der Waals surface area contributed by atoms with E-state index in [1.54, 1.807) is 18.5 Å². The summed E-state index contributed by atoms with van der Waals surface area (Å²) >= 11 is 0. The van der Waals surface area contributed by atoms with E-state index in [1.807, 2.05) is 38.1 Å². The lowest BCUT2D eigenvalue weighted by molar-refractivity contribution is 0.102. The van der Waals surface area contributed by atoms with Gasteiger partial charge in [-0.1, -0.05) is 13.8 Å². The molecule has 5 rings (SSSR count). The zero-order valence-electron chi connectivity index (χ0n) is 20.9. The topological polar surface area (TPSA) is 115 Å². The van der Waals surface area contributed by atoms with Crippen molar-refractivity contribution in [3.8, 4) is 5.75 Å². The van der Waals surface area contributed by atoms with E-state index in [-0.39, 0.29) is 5.56 Å². The van der Waals surface area contributed by atoms with Crippen LogP contribution in [0.25, 0.3) is 0 Å². The Balaban J connectivity index is 0.00000148. The van der Waals surface area contributed by atoms with Crippen LogP contribution >= 0.6 is 0 Å². The van der Waals surface area contributed by atoms with Gasteiger partial charge in [-0.25, -0.2) is 0 Å². The van der Waals surface area contributed by atoms with E-state index in [2.05, 4.69) is 42.8 Å². The van der Waals surface area contributed by atoms with Crippen LogP contribution in [-0.4, -0.2) is 67.2 Å². The van der Waals surface area contributed by atoms with Gasteiger partial charge in [-0.15, -0.1) is 0 Å². The molecule has 0 spiro atoms. The maximum Gasteiger partial charge on any atom is 0.263 e. The second kappa shape index (κ2) is 11.6. The molecule has 1 aromatic carbocycles. The molecular weight excluding hydrogens is 458 g/mol. The summed E-state index contributed by atoms with van der Waals surface area (Å²) in [6.07, 6.45) is 4.75. The number of carbonyl (C=O) groups is 1. The van der Waals surface area contributed by atoms with Gasteiger partial charge >= 0.3 is 0 Å². The van der Waals surface area contributed by atoms with Crippen LogP contribution < -0.4 is 31.1 Å². The third kappa shape index (κ3) is 5.60. The summed E-state index contributed by atoms with van der Waals surface area (Å²) in [6.45, 7) is 9.17. The molecule has 0 atom stereocenters. The van der Waals surface area contributed by atoms with E-state index in [9.17, 15) is 9.59 Å². The number of aromatic amines is 1. The maximum absolute atomic E-state index is 13.1. The highest BCUT2D eigenvalue weighted by Crippen LogP contribution is 2.35. The molecule has 10 heteroatoms. The molecule has 1 saturated heterocycles. The Morgan fingerprint density at radius 1 is 1.03 bits per heavy atom. The summed E-state index contributed by atoms with van der Waals surface area (Å²) in [5, 5.41) is 9.28. The maximum atomic E-state index is 13.1. The monoisotopic (exact) mass is 491 g/mol. The van der Waals surface area contributed by atoms with Gasteiger partial charge in [0.2, 0.25) is 0 Å². The number of hydrogen-bond donors (Lipinski definition) is 4. The van der Waals surface area contributed by atoms with Crippen LogP contribution in [0.1, 0.15) is 24.2 Å². The van der Waals surface area contributed by atoms with E-state index in [1.165, 1.54) is 6.20 Å². The number of piperazine rings is 1. The predicted molar refractivity (Wildman–Crippen MR) is 144 cm³/mol. The highest BCUT2D eigenvalue weighted by molar-refractivity contribution is 6.08. The predicted octanol–water partition coefficient (Wildman–Crippen LogP) is 3.35. The van der Waals surface area contributed by atoms with E-state index in [4.69, 9.17) is 4.74 Å². The number of pyridine rings is 2. The lowest BCUT2D eigenvalue weighted by atomic mass is 10.1. The fourth-order valence-electron chi connectivity index (χ4n) is 4.13. The minimum atomic E-state index is -0.501. The third-order valence-corrected chi connectivity index (χ3v) is 6.02. The average Bonchev–Trinajstić information content (AvgIpc) is 2.91. The molecule has 0 bridgehead atoms. The van der Waals surface area contributed by atoms with E-state index in [0.717, 1.165) is 37.6 Å². The molecular formula is C26H33N7O3. The number of aromatic nitrogens is 2. The number of benzene rings is 1. The van der Waals surface area contributed by atoms with Gasteiger partial charge in [-0.3, -0.25) is 14.6 Å². The number of rotatable bonds is 5. The molecule has 0 unspecified atom stereocenters. The Morgan fingerprint density at radius 2 is 1.78 bits per heavy atom. The first-order valence-electron chi connectivity index (χ1n) is 12.3. The Labute approximate surface area is 210 Å². The number of ether oxygens (including phenoxy) is 1. The molecule has 4 N–H and O–H groups in total. The Kier molecular flexibility index (Phi) is 8.06. The van der Waals surface area contributed by atoms with Gasteiger partial charge in [0.25, 0.3) is 11.5 Å². The largest absolute Gasteiger partial charge is 0.488 e. The number of likely N-dealkylation sites (N-methyl/N-ethyl adjacent to an activating group) is 1. The zero-order valence-corrected chi connectivity index (χ0v) is 20.9. The van der Waals surface area contributed by atoms with Crippen molar-refractivity contribution in [2.45, 2.75) is 13.8 Å². The van der Waals surface area contributed by atoms with Crippen molar-refractivity contribution in [3.63, 3.8) is 0 Å². The Morgan fingerprint density at radius 3 is 2.53 bits per heavy atom. The summed E-state index contributed by atoms with van der Waals surface area (Å²) in [6, 6.07) is 9.34. The van der Waals surface area contributed by atoms with Gasteiger partial charge in [-0.05, 0) is 37.4 Å². The number of anilines is 5. The number of fused-ring (bicyclic) bond motifs is 1. The van der Waals surface area contributed by atoms with Gasteiger partial charge in [0.1, 0.15) is 17.9 Å². The molecule has 4 heterocycles. The summed E-state index contributed by atoms with van der Waals surface area (Å²) in [7, 11) is 2.12. The van der Waals surface area contributed by atoms with Gasteiger partial charge in [0.15, 0.2) is 5.75 Å². The van der Waals surface area contributed by atoms with Crippen molar-refractivity contribution < 1.29 is 9.53 Å². The van der Waals surface area contributed by atoms with Crippen LogP contribution in [0.5, 0.6) is 5.75 Å². The molecule has 1 amide bonds. The molecule has 2 aliphatic rings. The number of hydrogen-bond acceptors (Lipinski definition) is 8. The van der Waals surface area contributed by atoms with Crippen LogP contribution in [0.2, 0.25) is 0 Å². The van der Waals surface area contributed by atoms with E-state index >= 15 is 0 Å². The first kappa shape index (κ1) is 25.1. The summed E-state index contributed by atoms with van der Waals surface area (Å²) in [5.41, 5.74) is 2.96. The molecule has 3 aromatic rings. The van der Waals surface area contributed by atoms with Gasteiger partial charge in [0, 0.05) is 50.3 Å². The van der Waals surface area contributed by atoms with Crippen LogP contribution in [-0.2, 0) is 0 Å². The standard InChI is InChI=1S/C24H27N7O3.C2H6/c1-30-9-11-31(12-10-30)17-4-2-16(3-5-17)28-24(33)21-18(6-7-27-23(21)32)29-19-14-25-15-20-22(19)26-8-13-34-20;1-2/h2-7,14-15,26H,8-13H2,1H3,(H,28,33)(H2,27,29,32);1-2H3. The van der Waals surface area contributed by atoms with Crippen LogP contribution in [0.3, 0.4) is 0 Å². The van der Waals surface area contributed by atoms with Crippen molar-refractivity contribution in [3.05, 3.63) is 64.8 Å². The molecule has 190 valence electrons. The molecule has 0 saturated carbocycles. The van der Waals surface area contributed by atoms with Crippen molar-refractivity contribution in [1.82, 2.24) is 14.9 Å². The minimum Gasteiger partial charge on any atom is -0.488 e. The average molecular weight is 492 g/mol. The van der Waals surface area contributed by atoms with Crippen LogP contribution in [0, 0.1) is 0 Å². The summed E-state index contributed by atoms with van der Waals surface area (Å²) in [5.74, 6) is 0.117. The summed E-state index contributed by atoms with van der Waals surface area (Å²) in [4.78, 5) is 37.1. The zero-order chi connectivity index (χ0) is 25.5. The van der Waals surface area contributed by atoms with Gasteiger partial charge in [-0.2, -0.15) is 0 Å². The fourth-order valence-corrected chi connectivity index (χ4v) is 4.13. The molecule has 36 heavy (non-hydrogen) atoms. The molecule has 0 aliphatic carbocycles. The molecule has 2 aliphatic heterocycles. The smallest absolute Gasteiger partial charge is 0.263 e. The first-order chi connectivity index (χ1) is 17.6. The Bertz CT molecular complexity index is 1240. The van der Waals surface area contributed by atoms with E-state index in [0.29, 0.717) is 36.0 Å². The number of carbonyl (C=O) groups excluding carboxylic acids is 1. The molecule has 1 fully saturated rings. The number of amides is 1. The Hall–Kier alpha value is -4.05. The van der Waals surface area contributed by atoms with Crippen molar-refractivity contribution in [2.75, 3.05) is 67.2 Å². The van der Waals surface area contributed by atoms with E-state index < -0.39 is 11.5 Å². The molecule has 0 radical (unpaired) electrons. The van der Waals surface area contributed by atoms with Crippen molar-refractivity contribution in [2.24, 2.45) is 0 Å². The number of nitrogens with one attached hydrogen (secondary N) is 4. The number of H-pyrrole nitrogens is 1. The molecule has 10 nitrogen and oxygen atoms in total. The SMILES string of the molecule is CC.CN1CCN(c2ccc(NC(=O)c3c(Nc4cncc5c4NCCO5)cc[nH]c3=O)cc2)CC1. The van der Waals surface area contributed by atoms with Gasteiger partial charge in [0.05, 0.1) is 23.8 Å². The third-order valence-electron chi connectivity index (χ3n) is 6.02. The van der Waals surface area contributed by atoms with Crippen molar-refractivity contribution >= 4 is 34.3 Å². The fraction of sp³-hybridized carbons (Fsp3) is 0.346. The second-order valence-electron chi connectivity index (χ2n) is 8.35. The normalized spacial score (nSPS) is 14.9. The lowest BCUT2D eigenvalue weighted by Crippen LogP contribution is -2.44. The second-order valence-corrected chi connectivity index (χ2v) is 8.35. The summed E-state index contributed by atoms with van der Waals surface area (Å²) < 4.78 is 5.62. The highest BCUT2D eigenvalue weighted by Gasteiger charge is 2.20. The molecule has 2 aromatic heterocycles. The quantitative estimate of drug-likeness (QED) is 0.430. The van der Waals surface area contributed by atoms with Crippen LogP contribution in [0.4, 0.5) is 28.4 Å². The van der Waals surface area contributed by atoms with Crippen molar-refractivity contribution in [1.29, 1.82) is 0 Å². The minimum absolute atomic E-state index is 0.0139. The van der Waals surface area contributed by atoms with Crippen LogP contribution in [0.15, 0.2) is 53.7 Å².